The van der Waals surface area contributed by atoms with Crippen LogP contribution in [0, 0.1) is 0 Å². The quantitative estimate of drug-likeness (QED) is 0.544. The fraction of sp³-hybridized carbons (Fsp3) is 0.294. The molecule has 0 radical (unpaired) electrons. The largest absolute Gasteiger partial charge is 0.391 e. The highest BCUT2D eigenvalue weighted by Crippen LogP contribution is 2.23. The predicted molar refractivity (Wildman–Crippen MR) is 96.5 cm³/mol. The Bertz CT molecular complexity index is 941. The van der Waals surface area contributed by atoms with Crippen molar-refractivity contribution in [3.63, 3.8) is 0 Å². The van der Waals surface area contributed by atoms with Crippen LogP contribution in [0.4, 0.5) is 17.5 Å². The summed E-state index contributed by atoms with van der Waals surface area (Å²) in [5.41, 5.74) is 0.770. The van der Waals surface area contributed by atoms with Gasteiger partial charge >= 0.3 is 0 Å². The third-order valence-electron chi connectivity index (χ3n) is 4.45. The van der Waals surface area contributed by atoms with Crippen LogP contribution < -0.4 is 16.0 Å². The summed E-state index contributed by atoms with van der Waals surface area (Å²) in [5.74, 6) is 1.57. The molecule has 9 heteroatoms. The molecule has 0 bridgehead atoms. The van der Waals surface area contributed by atoms with Gasteiger partial charge in [-0.3, -0.25) is 4.79 Å². The standard InChI is InChI=1S/C17H19N7O2/c1-18-15-8-14(22-13-4-2-3-7-19-13)23-16-10(9-20-24(15)16)17(26)21-11-5-6-12(11)25/h2-4,7-9,11-12,18,25H,5-6H2,1H3,(H,21,26)(H,19,22,23). The first-order valence-corrected chi connectivity index (χ1v) is 8.39. The summed E-state index contributed by atoms with van der Waals surface area (Å²) in [6.07, 6.45) is 4.16. The van der Waals surface area contributed by atoms with Gasteiger partial charge in [0, 0.05) is 19.3 Å². The van der Waals surface area contributed by atoms with Crippen LogP contribution in [0.1, 0.15) is 23.2 Å². The van der Waals surface area contributed by atoms with E-state index in [4.69, 9.17) is 0 Å². The van der Waals surface area contributed by atoms with E-state index < -0.39 is 6.10 Å². The molecule has 0 spiro atoms. The number of amides is 1. The Kier molecular flexibility index (Phi) is 4.13. The van der Waals surface area contributed by atoms with E-state index >= 15 is 0 Å². The van der Waals surface area contributed by atoms with Crippen molar-refractivity contribution >= 4 is 29.0 Å². The summed E-state index contributed by atoms with van der Waals surface area (Å²) < 4.78 is 1.57. The molecule has 3 heterocycles. The van der Waals surface area contributed by atoms with E-state index in [1.807, 2.05) is 18.2 Å². The van der Waals surface area contributed by atoms with Gasteiger partial charge < -0.3 is 21.1 Å². The average molecular weight is 353 g/mol. The smallest absolute Gasteiger partial charge is 0.257 e. The van der Waals surface area contributed by atoms with Crippen LogP contribution in [0.15, 0.2) is 36.7 Å². The number of pyridine rings is 1. The zero-order valence-corrected chi connectivity index (χ0v) is 14.2. The molecule has 9 nitrogen and oxygen atoms in total. The summed E-state index contributed by atoms with van der Waals surface area (Å²) in [6.45, 7) is 0. The molecule has 2 unspecified atom stereocenters. The van der Waals surface area contributed by atoms with Crippen molar-refractivity contribution in [1.29, 1.82) is 0 Å². The van der Waals surface area contributed by atoms with Crippen molar-refractivity contribution in [2.75, 3.05) is 17.7 Å². The molecule has 1 amide bonds. The monoisotopic (exact) mass is 353 g/mol. The second kappa shape index (κ2) is 6.60. The molecule has 0 aliphatic heterocycles. The van der Waals surface area contributed by atoms with Gasteiger partial charge in [0.05, 0.1) is 18.3 Å². The number of aliphatic hydroxyl groups excluding tert-OH is 1. The van der Waals surface area contributed by atoms with Crippen LogP contribution in [0.25, 0.3) is 5.65 Å². The van der Waals surface area contributed by atoms with E-state index in [0.717, 1.165) is 6.42 Å². The van der Waals surface area contributed by atoms with Crippen molar-refractivity contribution in [3.05, 3.63) is 42.2 Å². The zero-order chi connectivity index (χ0) is 18.1. The molecular formula is C17H19N7O2. The van der Waals surface area contributed by atoms with Crippen molar-refractivity contribution in [2.45, 2.75) is 25.0 Å². The lowest BCUT2D eigenvalue weighted by Crippen LogP contribution is -2.50. The highest BCUT2D eigenvalue weighted by Gasteiger charge is 2.31. The van der Waals surface area contributed by atoms with Gasteiger partial charge in [0.25, 0.3) is 5.91 Å². The number of rotatable bonds is 5. The Morgan fingerprint density at radius 1 is 1.31 bits per heavy atom. The van der Waals surface area contributed by atoms with Crippen molar-refractivity contribution in [1.82, 2.24) is 24.9 Å². The first-order valence-electron chi connectivity index (χ1n) is 8.39. The van der Waals surface area contributed by atoms with Crippen molar-refractivity contribution in [2.24, 2.45) is 0 Å². The lowest BCUT2D eigenvalue weighted by Gasteiger charge is -2.32. The molecule has 4 N–H and O–H groups in total. The molecule has 0 aromatic carbocycles. The number of aliphatic hydroxyl groups is 1. The fourth-order valence-corrected chi connectivity index (χ4v) is 2.83. The van der Waals surface area contributed by atoms with Crippen LogP contribution in [-0.4, -0.2) is 49.8 Å². The number of carbonyl (C=O) groups is 1. The van der Waals surface area contributed by atoms with Gasteiger partial charge in [-0.2, -0.15) is 9.61 Å². The summed E-state index contributed by atoms with van der Waals surface area (Å²) in [7, 11) is 1.77. The van der Waals surface area contributed by atoms with Crippen LogP contribution in [0.3, 0.4) is 0 Å². The molecule has 26 heavy (non-hydrogen) atoms. The second-order valence-corrected chi connectivity index (χ2v) is 6.13. The van der Waals surface area contributed by atoms with Crippen molar-refractivity contribution < 1.29 is 9.90 Å². The van der Waals surface area contributed by atoms with Gasteiger partial charge in [0.1, 0.15) is 23.0 Å². The molecule has 1 aliphatic carbocycles. The normalized spacial score (nSPS) is 19.0. The number of carbonyl (C=O) groups excluding carboxylic acids is 1. The molecule has 3 aromatic heterocycles. The molecule has 1 fully saturated rings. The molecular weight excluding hydrogens is 334 g/mol. The van der Waals surface area contributed by atoms with Crippen LogP contribution in [-0.2, 0) is 0 Å². The number of anilines is 3. The zero-order valence-electron chi connectivity index (χ0n) is 14.2. The summed E-state index contributed by atoms with van der Waals surface area (Å²) >= 11 is 0. The number of nitrogens with zero attached hydrogens (tertiary/aromatic N) is 4. The van der Waals surface area contributed by atoms with Gasteiger partial charge in [0.15, 0.2) is 5.65 Å². The first kappa shape index (κ1) is 16.3. The number of hydrogen-bond donors (Lipinski definition) is 4. The number of aromatic nitrogens is 4. The maximum absolute atomic E-state index is 12.6. The third-order valence-corrected chi connectivity index (χ3v) is 4.45. The Morgan fingerprint density at radius 2 is 2.19 bits per heavy atom. The molecule has 4 rings (SSSR count). The maximum Gasteiger partial charge on any atom is 0.257 e. The minimum atomic E-state index is -0.483. The summed E-state index contributed by atoms with van der Waals surface area (Å²) in [4.78, 5) is 21.3. The van der Waals surface area contributed by atoms with E-state index in [1.165, 1.54) is 6.20 Å². The van der Waals surface area contributed by atoms with Gasteiger partial charge in [-0.15, -0.1) is 0 Å². The summed E-state index contributed by atoms with van der Waals surface area (Å²) in [5, 5.41) is 22.9. The van der Waals surface area contributed by atoms with Crippen molar-refractivity contribution in [3.8, 4) is 0 Å². The number of hydrogen-bond acceptors (Lipinski definition) is 7. The molecule has 134 valence electrons. The first-order chi connectivity index (χ1) is 12.7. The SMILES string of the molecule is CNc1cc(Nc2ccccn2)nc2c(C(=O)NC3CCC3O)cnn12. The highest BCUT2D eigenvalue weighted by atomic mass is 16.3. The predicted octanol–water partition coefficient (Wildman–Crippen LogP) is 1.16. The number of fused-ring (bicyclic) bond motifs is 1. The van der Waals surface area contributed by atoms with Crippen LogP contribution in [0.2, 0.25) is 0 Å². The topological polar surface area (TPSA) is 116 Å². The minimum Gasteiger partial charge on any atom is -0.391 e. The van der Waals surface area contributed by atoms with E-state index in [9.17, 15) is 9.90 Å². The molecule has 3 aromatic rings. The fourth-order valence-electron chi connectivity index (χ4n) is 2.83. The lowest BCUT2D eigenvalue weighted by molar-refractivity contribution is 0.0448. The summed E-state index contributed by atoms with van der Waals surface area (Å²) in [6, 6.07) is 7.10. The lowest BCUT2D eigenvalue weighted by atomic mass is 9.89. The maximum atomic E-state index is 12.6. The molecule has 0 saturated heterocycles. The highest BCUT2D eigenvalue weighted by molar-refractivity contribution is 6.00. The average Bonchev–Trinajstić information content (AvgIpc) is 3.09. The second-order valence-electron chi connectivity index (χ2n) is 6.13. The molecule has 2 atom stereocenters. The minimum absolute atomic E-state index is 0.212. The Morgan fingerprint density at radius 3 is 2.85 bits per heavy atom. The van der Waals surface area contributed by atoms with E-state index in [1.54, 1.807) is 23.8 Å². The van der Waals surface area contributed by atoms with Gasteiger partial charge in [-0.25, -0.2) is 9.97 Å². The van der Waals surface area contributed by atoms with E-state index in [2.05, 4.69) is 31.0 Å². The van der Waals surface area contributed by atoms with Gasteiger partial charge in [-0.05, 0) is 25.0 Å². The van der Waals surface area contributed by atoms with Crippen LogP contribution >= 0.6 is 0 Å². The third kappa shape index (κ3) is 2.93. The van der Waals surface area contributed by atoms with Gasteiger partial charge in [0.2, 0.25) is 0 Å². The van der Waals surface area contributed by atoms with Gasteiger partial charge in [-0.1, -0.05) is 6.07 Å². The van der Waals surface area contributed by atoms with Crippen LogP contribution in [0.5, 0.6) is 0 Å². The van der Waals surface area contributed by atoms with E-state index in [0.29, 0.717) is 35.1 Å². The molecule has 1 saturated carbocycles. The van der Waals surface area contributed by atoms with E-state index in [-0.39, 0.29) is 11.9 Å². The Hall–Kier alpha value is -3.20. The number of nitrogens with one attached hydrogen (secondary N) is 3. The Labute approximate surface area is 149 Å². The molecule has 1 aliphatic rings. The Balaban J connectivity index is 1.68.